The van der Waals surface area contributed by atoms with Crippen LogP contribution < -0.4 is 4.84 Å². The molecule has 1 aromatic carbocycles. The van der Waals surface area contributed by atoms with Crippen molar-refractivity contribution in [3.8, 4) is 0 Å². The molecule has 0 amide bonds. The number of methoxy groups -OCH3 is 1. The summed E-state index contributed by atoms with van der Waals surface area (Å²) in [7, 11) is 3.51. The topological polar surface area (TPSA) is 165 Å². The second-order valence-electron chi connectivity index (χ2n) is 10.2. The normalized spacial score (nSPS) is 24.3. The second-order valence-corrected chi connectivity index (χ2v) is 10.2. The lowest BCUT2D eigenvalue weighted by Gasteiger charge is -2.49. The lowest BCUT2D eigenvalue weighted by Crippen LogP contribution is -2.57. The van der Waals surface area contributed by atoms with Gasteiger partial charge >= 0.3 is 23.9 Å². The maximum atomic E-state index is 13.1. The third kappa shape index (κ3) is 4.86. The molecule has 1 fully saturated rings. The van der Waals surface area contributed by atoms with Gasteiger partial charge in [-0.3, -0.25) is 9.59 Å². The fourth-order valence-corrected chi connectivity index (χ4v) is 5.99. The van der Waals surface area contributed by atoms with Crippen molar-refractivity contribution >= 4 is 34.8 Å². The Hall–Kier alpha value is -3.48. The smallest absolute Gasteiger partial charge is 0.336 e. The molecule has 0 saturated carbocycles. The molecule has 2 unspecified atom stereocenters. The number of aliphatic carboxylic acids is 2. The van der Waals surface area contributed by atoms with Gasteiger partial charge in [0, 0.05) is 37.2 Å². The first-order valence-corrected chi connectivity index (χ1v) is 12.3. The number of carboxylic acids is 2. The van der Waals surface area contributed by atoms with Crippen molar-refractivity contribution in [2.75, 3.05) is 33.9 Å². The molecule has 4 rings (SSSR count). The number of nitrogens with zero attached hydrogens (tertiary/aromatic N) is 2. The third-order valence-corrected chi connectivity index (χ3v) is 7.54. The molecule has 1 aromatic heterocycles. The van der Waals surface area contributed by atoms with Crippen molar-refractivity contribution in [3.63, 3.8) is 0 Å². The van der Waals surface area contributed by atoms with Gasteiger partial charge in [-0.05, 0) is 44.0 Å². The van der Waals surface area contributed by atoms with Crippen LogP contribution in [0.25, 0.3) is 10.9 Å². The predicted molar refractivity (Wildman–Crippen MR) is 131 cm³/mol. The molecular weight excluding hydrogens is 500 g/mol. The number of aromatic nitrogens is 1. The zero-order chi connectivity index (χ0) is 27.8. The number of likely N-dealkylation sites (N-methyl/N-ethyl adjacent to an activating group) is 1. The minimum atomic E-state index is -2.80. The Bertz CT molecular complexity index is 1270. The predicted octanol–water partition coefficient (Wildman–Crippen LogP) is 0.817. The SMILES string of the molecule is CCOC(=O)C1(COC)C[C@H]2c3cccc4c3c(cn4OC(=O)CC(O)(CC(=O)O)C(=O)O)C[C@@H]2N(C)C1. The minimum Gasteiger partial charge on any atom is -0.481 e. The van der Waals surface area contributed by atoms with Gasteiger partial charge in [0.15, 0.2) is 5.60 Å². The molecule has 1 aliphatic heterocycles. The van der Waals surface area contributed by atoms with E-state index in [0.29, 0.717) is 24.9 Å². The number of esters is 1. The van der Waals surface area contributed by atoms with Crippen molar-refractivity contribution in [2.45, 2.75) is 50.2 Å². The highest BCUT2D eigenvalue weighted by Crippen LogP contribution is 2.49. The molecule has 3 N–H and O–H groups in total. The number of carbonyl (C=O) groups is 4. The molecule has 1 saturated heterocycles. The highest BCUT2D eigenvalue weighted by atomic mass is 16.7. The summed E-state index contributed by atoms with van der Waals surface area (Å²) < 4.78 is 12.1. The Kier molecular flexibility index (Phi) is 7.51. The molecule has 12 nitrogen and oxygen atoms in total. The van der Waals surface area contributed by atoms with Crippen molar-refractivity contribution in [1.82, 2.24) is 9.63 Å². The summed E-state index contributed by atoms with van der Waals surface area (Å²) in [4.78, 5) is 55.7. The monoisotopic (exact) mass is 532 g/mol. The van der Waals surface area contributed by atoms with E-state index in [1.165, 1.54) is 4.73 Å². The molecule has 2 heterocycles. The molecular formula is C26H32N2O10. The number of benzene rings is 1. The molecule has 12 heteroatoms. The number of carboxylic acid groups (broad SMARTS) is 2. The van der Waals surface area contributed by atoms with Crippen LogP contribution in [0, 0.1) is 5.41 Å². The van der Waals surface area contributed by atoms with E-state index in [4.69, 9.17) is 19.4 Å². The van der Waals surface area contributed by atoms with Crippen molar-refractivity contribution < 1.29 is 48.8 Å². The Morgan fingerprint density at radius 2 is 1.92 bits per heavy atom. The van der Waals surface area contributed by atoms with E-state index in [-0.39, 0.29) is 31.1 Å². The van der Waals surface area contributed by atoms with E-state index < -0.39 is 41.8 Å². The summed E-state index contributed by atoms with van der Waals surface area (Å²) >= 11 is 0. The number of piperidine rings is 1. The first kappa shape index (κ1) is 27.6. The number of rotatable bonds is 10. The quantitative estimate of drug-likeness (QED) is 0.371. The van der Waals surface area contributed by atoms with Gasteiger partial charge in [0.05, 0.1) is 31.6 Å². The molecule has 2 aliphatic rings. The van der Waals surface area contributed by atoms with Crippen LogP contribution in [-0.2, 0) is 35.1 Å². The zero-order valence-corrected chi connectivity index (χ0v) is 21.5. The molecule has 4 atom stereocenters. The van der Waals surface area contributed by atoms with Crippen molar-refractivity contribution in [3.05, 3.63) is 35.5 Å². The average Bonchev–Trinajstić information content (AvgIpc) is 3.17. The lowest BCUT2D eigenvalue weighted by molar-refractivity contribution is -0.171. The van der Waals surface area contributed by atoms with E-state index in [0.717, 1.165) is 16.5 Å². The van der Waals surface area contributed by atoms with E-state index in [1.54, 1.807) is 26.3 Å². The van der Waals surface area contributed by atoms with Crippen LogP contribution in [0.5, 0.6) is 0 Å². The van der Waals surface area contributed by atoms with Crippen LogP contribution in [0.15, 0.2) is 24.4 Å². The Labute approximate surface area is 218 Å². The highest BCUT2D eigenvalue weighted by molar-refractivity contribution is 5.91. The summed E-state index contributed by atoms with van der Waals surface area (Å²) in [6.45, 7) is 2.70. The number of carbonyl (C=O) groups excluding carboxylic acids is 2. The summed E-state index contributed by atoms with van der Waals surface area (Å²) in [5.74, 6) is -4.83. The van der Waals surface area contributed by atoms with Crippen molar-refractivity contribution in [1.29, 1.82) is 0 Å². The number of aliphatic hydroxyl groups is 1. The minimum absolute atomic E-state index is 0.0382. The maximum absolute atomic E-state index is 13.1. The van der Waals surface area contributed by atoms with E-state index in [1.807, 2.05) is 19.2 Å². The Balaban J connectivity index is 1.67. The molecule has 2 aromatic rings. The van der Waals surface area contributed by atoms with Gasteiger partial charge in [-0.25, -0.2) is 9.59 Å². The summed E-state index contributed by atoms with van der Waals surface area (Å²) in [6, 6.07) is 5.60. The summed E-state index contributed by atoms with van der Waals surface area (Å²) in [5, 5.41) is 29.3. The van der Waals surface area contributed by atoms with Crippen LogP contribution in [0.1, 0.15) is 43.2 Å². The first-order chi connectivity index (χ1) is 17.9. The largest absolute Gasteiger partial charge is 0.481 e. The number of likely N-dealkylation sites (tertiary alicyclic amines) is 1. The lowest BCUT2D eigenvalue weighted by atomic mass is 9.66. The summed E-state index contributed by atoms with van der Waals surface area (Å²) in [5.41, 5.74) is -1.20. The third-order valence-electron chi connectivity index (χ3n) is 7.54. The molecule has 0 radical (unpaired) electrons. The molecule has 38 heavy (non-hydrogen) atoms. The van der Waals surface area contributed by atoms with E-state index in [9.17, 15) is 29.4 Å². The van der Waals surface area contributed by atoms with Gasteiger partial charge in [-0.1, -0.05) is 12.1 Å². The number of fused-ring (bicyclic) bond motifs is 2. The molecule has 1 aliphatic carbocycles. The second kappa shape index (κ2) is 10.4. The van der Waals surface area contributed by atoms with Gasteiger partial charge in [0.1, 0.15) is 5.41 Å². The van der Waals surface area contributed by atoms with Crippen LogP contribution in [-0.4, -0.2) is 94.4 Å². The van der Waals surface area contributed by atoms with Gasteiger partial charge in [-0.2, -0.15) is 4.73 Å². The van der Waals surface area contributed by atoms with Crippen LogP contribution in [0.2, 0.25) is 0 Å². The van der Waals surface area contributed by atoms with Crippen LogP contribution in [0.4, 0.5) is 0 Å². The fraction of sp³-hybridized carbons (Fsp3) is 0.538. The van der Waals surface area contributed by atoms with Crippen LogP contribution >= 0.6 is 0 Å². The number of hydrogen-bond donors (Lipinski definition) is 3. The van der Waals surface area contributed by atoms with Gasteiger partial charge in [-0.15, -0.1) is 0 Å². The van der Waals surface area contributed by atoms with E-state index >= 15 is 0 Å². The molecule has 0 spiro atoms. The highest BCUT2D eigenvalue weighted by Gasteiger charge is 2.51. The Morgan fingerprint density at radius 1 is 1.18 bits per heavy atom. The molecule has 206 valence electrons. The standard InChI is InChI=1S/C26H32N2O10/c1-4-37-24(34)25(14-36-3)9-17-16-6-5-7-18-22(16)15(8-19(17)27(2)13-25)12-28(18)38-21(31)11-26(35,23(32)33)10-20(29)30/h5-7,12,17,19,35H,4,8-11,13-14H2,1-3H3,(H,29,30)(H,32,33)/t17-,19-,25?,26?/m0/s1. The number of hydrogen-bond acceptors (Lipinski definition) is 9. The van der Waals surface area contributed by atoms with E-state index in [2.05, 4.69) is 4.90 Å². The van der Waals surface area contributed by atoms with Gasteiger partial charge in [0.2, 0.25) is 0 Å². The fourth-order valence-electron chi connectivity index (χ4n) is 5.99. The van der Waals surface area contributed by atoms with Crippen molar-refractivity contribution in [2.24, 2.45) is 5.41 Å². The van der Waals surface area contributed by atoms with Crippen LogP contribution in [0.3, 0.4) is 0 Å². The van der Waals surface area contributed by atoms with Gasteiger partial charge in [0.25, 0.3) is 0 Å². The average molecular weight is 533 g/mol. The number of ether oxygens (including phenoxy) is 2. The molecule has 0 bridgehead atoms. The summed E-state index contributed by atoms with van der Waals surface area (Å²) in [6.07, 6.45) is 0.576. The zero-order valence-electron chi connectivity index (χ0n) is 21.5. The Morgan fingerprint density at radius 3 is 2.55 bits per heavy atom. The maximum Gasteiger partial charge on any atom is 0.336 e. The first-order valence-electron chi connectivity index (χ1n) is 12.3. The van der Waals surface area contributed by atoms with Gasteiger partial charge < -0.3 is 34.5 Å².